The van der Waals surface area contributed by atoms with Gasteiger partial charge in [0.1, 0.15) is 0 Å². The average Bonchev–Trinajstić information content (AvgIpc) is 2.56. The van der Waals surface area contributed by atoms with Gasteiger partial charge in [0.05, 0.1) is 4.90 Å². The summed E-state index contributed by atoms with van der Waals surface area (Å²) in [5.41, 5.74) is 2.45. The highest BCUT2D eigenvalue weighted by molar-refractivity contribution is 7.92. The number of hydrogen-bond donors (Lipinski definition) is 2. The minimum atomic E-state index is -3.77. The zero-order valence-corrected chi connectivity index (χ0v) is 15.8. The van der Waals surface area contributed by atoms with Crippen molar-refractivity contribution in [3.8, 4) is 0 Å². The fraction of sp³-hybridized carbons (Fsp3) is 0.150. The Morgan fingerprint density at radius 1 is 1.00 bits per heavy atom. The molecule has 0 aromatic heterocycles. The molecule has 0 aliphatic carbocycles. The van der Waals surface area contributed by atoms with Crippen LogP contribution in [0.2, 0.25) is 0 Å². The van der Waals surface area contributed by atoms with Crippen molar-refractivity contribution in [3.63, 3.8) is 0 Å². The molecule has 0 radical (unpaired) electrons. The lowest BCUT2D eigenvalue weighted by Crippen LogP contribution is -2.15. The number of anilines is 2. The molecule has 0 aliphatic heterocycles. The van der Waals surface area contributed by atoms with Crippen LogP contribution in [0.1, 0.15) is 18.1 Å². The van der Waals surface area contributed by atoms with E-state index in [1.54, 1.807) is 55.5 Å². The topological polar surface area (TPSA) is 75.3 Å². The van der Waals surface area contributed by atoms with Gasteiger partial charge in [0.15, 0.2) is 0 Å². The minimum absolute atomic E-state index is 0.120. The zero-order chi connectivity index (χ0) is 19.2. The van der Waals surface area contributed by atoms with Gasteiger partial charge < -0.3 is 5.32 Å². The molecule has 0 spiro atoms. The van der Waals surface area contributed by atoms with E-state index >= 15 is 0 Å². The first-order valence-electron chi connectivity index (χ1n) is 8.12. The second-order valence-electron chi connectivity index (χ2n) is 5.83. The Labute approximate surface area is 154 Å². The summed E-state index contributed by atoms with van der Waals surface area (Å²) in [5, 5.41) is 2.66. The van der Waals surface area contributed by atoms with Crippen molar-refractivity contribution >= 4 is 27.3 Å². The molecule has 0 saturated carbocycles. The monoisotopic (exact) mass is 370 g/mol. The van der Waals surface area contributed by atoms with Gasteiger partial charge in [0, 0.05) is 17.5 Å². The maximum absolute atomic E-state index is 12.7. The quantitative estimate of drug-likeness (QED) is 0.592. The molecule has 26 heavy (non-hydrogen) atoms. The van der Waals surface area contributed by atoms with E-state index in [0.717, 1.165) is 5.56 Å². The molecule has 0 saturated heterocycles. The molecule has 0 fully saturated rings. The summed E-state index contributed by atoms with van der Waals surface area (Å²) in [5.74, 6) is -0.332. The van der Waals surface area contributed by atoms with Gasteiger partial charge in [-0.2, -0.15) is 0 Å². The lowest BCUT2D eigenvalue weighted by molar-refractivity contribution is -0.111. The largest absolute Gasteiger partial charge is 0.322 e. The van der Waals surface area contributed by atoms with Crippen LogP contribution >= 0.6 is 0 Å². The number of benzene rings is 2. The van der Waals surface area contributed by atoms with Gasteiger partial charge in [-0.25, -0.2) is 8.42 Å². The van der Waals surface area contributed by atoms with Crippen LogP contribution in [0.3, 0.4) is 0 Å². The van der Waals surface area contributed by atoms with Gasteiger partial charge in [0.25, 0.3) is 10.0 Å². The maximum atomic E-state index is 12.7. The Hall–Kier alpha value is -2.86. The second-order valence-corrected chi connectivity index (χ2v) is 7.48. The number of carbonyl (C=O) groups is 1. The number of amides is 1. The van der Waals surface area contributed by atoms with Crippen molar-refractivity contribution in [1.29, 1.82) is 0 Å². The fourth-order valence-electron chi connectivity index (χ4n) is 2.32. The molecule has 2 rings (SSSR count). The molecule has 1 amide bonds. The third-order valence-corrected chi connectivity index (χ3v) is 5.09. The van der Waals surface area contributed by atoms with Crippen LogP contribution in [-0.4, -0.2) is 14.3 Å². The van der Waals surface area contributed by atoms with E-state index < -0.39 is 10.0 Å². The number of hydrogen-bond acceptors (Lipinski definition) is 3. The van der Waals surface area contributed by atoms with Gasteiger partial charge in [0.2, 0.25) is 5.91 Å². The van der Waals surface area contributed by atoms with E-state index in [-0.39, 0.29) is 10.8 Å². The molecular weight excluding hydrogens is 348 g/mol. The molecule has 6 heteroatoms. The lowest BCUT2D eigenvalue weighted by Gasteiger charge is -2.12. The zero-order valence-electron chi connectivity index (χ0n) is 15.0. The number of allylic oxidation sites excluding steroid dienone is 3. The first-order valence-corrected chi connectivity index (χ1v) is 9.60. The predicted octanol–water partition coefficient (Wildman–Crippen LogP) is 4.18. The van der Waals surface area contributed by atoms with E-state index in [1.807, 2.05) is 19.9 Å². The van der Waals surface area contributed by atoms with Crippen LogP contribution in [0.5, 0.6) is 0 Å². The van der Waals surface area contributed by atoms with E-state index in [2.05, 4.69) is 10.0 Å². The Kier molecular flexibility index (Phi) is 6.36. The summed E-state index contributed by atoms with van der Waals surface area (Å²) in [4.78, 5) is 12.0. The lowest BCUT2D eigenvalue weighted by atomic mass is 10.2. The summed E-state index contributed by atoms with van der Waals surface area (Å²) in [7, 11) is -3.77. The highest BCUT2D eigenvalue weighted by Crippen LogP contribution is 2.23. The molecule has 136 valence electrons. The molecule has 0 atom stereocenters. The van der Waals surface area contributed by atoms with Crippen LogP contribution in [0.25, 0.3) is 0 Å². The predicted molar refractivity (Wildman–Crippen MR) is 106 cm³/mol. The molecule has 0 bridgehead atoms. The molecule has 0 heterocycles. The molecule has 2 N–H and O–H groups in total. The number of rotatable bonds is 6. The molecule has 2 aromatic rings. The summed E-state index contributed by atoms with van der Waals surface area (Å²) in [6.45, 7) is 5.45. The first kappa shape index (κ1) is 19.5. The second kappa shape index (κ2) is 8.49. The summed E-state index contributed by atoms with van der Waals surface area (Å²) < 4.78 is 28.0. The number of sulfonamides is 1. The van der Waals surface area contributed by atoms with Crippen LogP contribution in [0.15, 0.2) is 71.7 Å². The Balaban J connectivity index is 2.26. The molecule has 5 nitrogen and oxygen atoms in total. The third-order valence-electron chi connectivity index (χ3n) is 3.57. The van der Waals surface area contributed by atoms with E-state index in [1.165, 1.54) is 12.1 Å². The van der Waals surface area contributed by atoms with Crippen LogP contribution in [0.4, 0.5) is 11.4 Å². The highest BCUT2D eigenvalue weighted by atomic mass is 32.2. The Bertz CT molecular complexity index is 961. The van der Waals surface area contributed by atoms with Crippen LogP contribution in [0, 0.1) is 13.8 Å². The summed E-state index contributed by atoms with van der Waals surface area (Å²) in [6, 6.07) is 11.9. The van der Waals surface area contributed by atoms with E-state index in [4.69, 9.17) is 0 Å². The van der Waals surface area contributed by atoms with Crippen molar-refractivity contribution in [2.45, 2.75) is 25.7 Å². The van der Waals surface area contributed by atoms with Gasteiger partial charge in [-0.15, -0.1) is 0 Å². The van der Waals surface area contributed by atoms with Crippen molar-refractivity contribution in [2.24, 2.45) is 0 Å². The summed E-state index contributed by atoms with van der Waals surface area (Å²) >= 11 is 0. The fourth-order valence-corrected chi connectivity index (χ4v) is 3.65. The van der Waals surface area contributed by atoms with Gasteiger partial charge in [-0.05, 0) is 56.2 Å². The standard InChI is InChI=1S/C20H22N2O3S/c1-4-5-6-10-20(23)21-17-12-11-16(3)19(14-17)26(24,25)22-18-9-7-8-15(2)13-18/h4-14,22H,1-3H3,(H,21,23)/b5-4+,10-6+. The van der Waals surface area contributed by atoms with E-state index in [0.29, 0.717) is 16.9 Å². The first-order chi connectivity index (χ1) is 12.3. The maximum Gasteiger partial charge on any atom is 0.262 e. The number of nitrogens with one attached hydrogen (secondary N) is 2. The smallest absolute Gasteiger partial charge is 0.262 e. The van der Waals surface area contributed by atoms with Gasteiger partial charge in [-0.1, -0.05) is 36.4 Å². The SMILES string of the molecule is C/C=C/C=C/C(=O)Nc1ccc(C)c(S(=O)(=O)Nc2cccc(C)c2)c1. The van der Waals surface area contributed by atoms with E-state index in [9.17, 15) is 13.2 Å². The minimum Gasteiger partial charge on any atom is -0.322 e. The van der Waals surface area contributed by atoms with Crippen molar-refractivity contribution in [1.82, 2.24) is 0 Å². The number of carbonyl (C=O) groups excluding carboxylic acids is 1. The van der Waals surface area contributed by atoms with Crippen LogP contribution in [-0.2, 0) is 14.8 Å². The highest BCUT2D eigenvalue weighted by Gasteiger charge is 2.18. The van der Waals surface area contributed by atoms with Gasteiger partial charge in [-0.3, -0.25) is 9.52 Å². The number of aryl methyl sites for hydroxylation is 2. The summed E-state index contributed by atoms with van der Waals surface area (Å²) in [6.07, 6.45) is 6.52. The molecule has 0 aliphatic rings. The molecular formula is C20H22N2O3S. The van der Waals surface area contributed by atoms with Crippen molar-refractivity contribution < 1.29 is 13.2 Å². The molecule has 0 unspecified atom stereocenters. The van der Waals surface area contributed by atoms with Crippen molar-refractivity contribution in [3.05, 3.63) is 77.9 Å². The van der Waals surface area contributed by atoms with Crippen molar-refractivity contribution in [2.75, 3.05) is 10.0 Å². The molecule has 2 aromatic carbocycles. The third kappa shape index (κ3) is 5.32. The van der Waals surface area contributed by atoms with Gasteiger partial charge >= 0.3 is 0 Å². The average molecular weight is 370 g/mol. The Morgan fingerprint density at radius 2 is 1.77 bits per heavy atom. The normalized spacial score (nSPS) is 11.8. The Morgan fingerprint density at radius 3 is 2.46 bits per heavy atom. The van der Waals surface area contributed by atoms with Crippen LogP contribution < -0.4 is 10.0 Å².